The van der Waals surface area contributed by atoms with Gasteiger partial charge in [0, 0.05) is 38.6 Å². The minimum Gasteiger partial charge on any atom is -0.357 e. The molecular formula is C27H30BrFN4O4S. The second-order valence-electron chi connectivity index (χ2n) is 8.72. The number of nitrogens with one attached hydrogen (secondary N) is 1. The first-order valence-corrected chi connectivity index (χ1v) is 14.0. The molecule has 0 radical (unpaired) electrons. The molecule has 0 spiro atoms. The van der Waals surface area contributed by atoms with Gasteiger partial charge in [0.15, 0.2) is 0 Å². The van der Waals surface area contributed by atoms with Crippen molar-refractivity contribution in [1.29, 1.82) is 0 Å². The average molecular weight is 606 g/mol. The fraction of sp³-hybridized carbons (Fsp3) is 0.259. The van der Waals surface area contributed by atoms with E-state index in [0.29, 0.717) is 0 Å². The fourth-order valence-electron chi connectivity index (χ4n) is 3.86. The zero-order valence-corrected chi connectivity index (χ0v) is 23.7. The molecule has 3 aromatic rings. The Kier molecular flexibility index (Phi) is 10.0. The van der Waals surface area contributed by atoms with Gasteiger partial charge in [0.1, 0.15) is 18.4 Å². The SMILES string of the molecule is CNC(=O)[C@@H](Cc1ccccc1)N(Cc1ccc(Br)cc1)C(=O)CN(c1ccccc1F)S(=O)(=O)N(C)C. The van der Waals surface area contributed by atoms with Gasteiger partial charge in [-0.05, 0) is 35.4 Å². The molecule has 2 amide bonds. The van der Waals surface area contributed by atoms with Crippen molar-refractivity contribution < 1.29 is 22.4 Å². The zero-order valence-electron chi connectivity index (χ0n) is 21.3. The minimum atomic E-state index is -4.26. The molecule has 0 heterocycles. The summed E-state index contributed by atoms with van der Waals surface area (Å²) in [5, 5.41) is 2.62. The van der Waals surface area contributed by atoms with Crippen molar-refractivity contribution in [2.45, 2.75) is 19.0 Å². The Hall–Kier alpha value is -3.28. The van der Waals surface area contributed by atoms with Gasteiger partial charge in [0.25, 0.3) is 0 Å². The third kappa shape index (κ3) is 7.18. The van der Waals surface area contributed by atoms with E-state index in [0.717, 1.165) is 30.3 Å². The zero-order chi connectivity index (χ0) is 27.9. The Morgan fingerprint density at radius 1 is 0.921 bits per heavy atom. The van der Waals surface area contributed by atoms with Gasteiger partial charge in [0.05, 0.1) is 5.69 Å². The third-order valence-corrected chi connectivity index (χ3v) is 8.26. The molecular weight excluding hydrogens is 575 g/mol. The topological polar surface area (TPSA) is 90.0 Å². The first-order valence-electron chi connectivity index (χ1n) is 11.8. The van der Waals surface area contributed by atoms with Crippen LogP contribution < -0.4 is 9.62 Å². The third-order valence-electron chi connectivity index (χ3n) is 5.92. The monoisotopic (exact) mass is 604 g/mol. The van der Waals surface area contributed by atoms with Gasteiger partial charge >= 0.3 is 10.2 Å². The van der Waals surface area contributed by atoms with Crippen LogP contribution in [0.4, 0.5) is 10.1 Å². The highest BCUT2D eigenvalue weighted by molar-refractivity contribution is 9.10. The van der Waals surface area contributed by atoms with Crippen LogP contribution in [0.5, 0.6) is 0 Å². The number of halogens is 2. The van der Waals surface area contributed by atoms with E-state index < -0.39 is 40.4 Å². The summed E-state index contributed by atoms with van der Waals surface area (Å²) in [5.74, 6) is -1.87. The molecule has 1 N–H and O–H groups in total. The van der Waals surface area contributed by atoms with Crippen molar-refractivity contribution in [3.63, 3.8) is 0 Å². The second-order valence-corrected chi connectivity index (χ2v) is 11.7. The minimum absolute atomic E-state index is 0.0319. The van der Waals surface area contributed by atoms with Crippen LogP contribution in [0.3, 0.4) is 0 Å². The number of carbonyl (C=O) groups is 2. The highest BCUT2D eigenvalue weighted by Crippen LogP contribution is 2.24. The highest BCUT2D eigenvalue weighted by atomic mass is 79.9. The summed E-state index contributed by atoms with van der Waals surface area (Å²) < 4.78 is 43.7. The number of hydrogen-bond donors (Lipinski definition) is 1. The summed E-state index contributed by atoms with van der Waals surface area (Å²) in [6.07, 6.45) is 0.197. The molecule has 3 aromatic carbocycles. The number of nitrogens with zero attached hydrogens (tertiary/aromatic N) is 3. The van der Waals surface area contributed by atoms with Crippen LogP contribution in [0, 0.1) is 5.82 Å². The smallest absolute Gasteiger partial charge is 0.304 e. The predicted molar refractivity (Wildman–Crippen MR) is 149 cm³/mol. The van der Waals surface area contributed by atoms with E-state index in [1.807, 2.05) is 42.5 Å². The summed E-state index contributed by atoms with van der Waals surface area (Å²) in [4.78, 5) is 28.4. The lowest BCUT2D eigenvalue weighted by Gasteiger charge is -2.34. The second kappa shape index (κ2) is 13.0. The summed E-state index contributed by atoms with van der Waals surface area (Å²) >= 11 is 3.39. The van der Waals surface area contributed by atoms with E-state index in [4.69, 9.17) is 0 Å². The normalized spacial score (nSPS) is 12.2. The van der Waals surface area contributed by atoms with Crippen molar-refractivity contribution in [2.24, 2.45) is 0 Å². The quantitative estimate of drug-likeness (QED) is 0.362. The number of amides is 2. The van der Waals surface area contributed by atoms with Crippen molar-refractivity contribution in [3.8, 4) is 0 Å². The lowest BCUT2D eigenvalue weighted by molar-refractivity contribution is -0.139. The number of anilines is 1. The van der Waals surface area contributed by atoms with Gasteiger partial charge in [-0.3, -0.25) is 9.59 Å². The maximum Gasteiger partial charge on any atom is 0.304 e. The molecule has 38 heavy (non-hydrogen) atoms. The van der Waals surface area contributed by atoms with Crippen molar-refractivity contribution in [3.05, 3.63) is 100 Å². The van der Waals surface area contributed by atoms with Crippen LogP contribution in [0.2, 0.25) is 0 Å². The number of rotatable bonds is 11. The molecule has 0 aliphatic rings. The lowest BCUT2D eigenvalue weighted by Crippen LogP contribution is -2.54. The molecule has 0 aromatic heterocycles. The molecule has 0 saturated heterocycles. The van der Waals surface area contributed by atoms with Crippen LogP contribution in [0.15, 0.2) is 83.3 Å². The number of likely N-dealkylation sites (N-methyl/N-ethyl adjacent to an activating group) is 1. The molecule has 3 rings (SSSR count). The standard InChI is InChI=1S/C27H30BrFN4O4S/c1-30-27(35)25(17-20-9-5-4-6-10-20)32(18-21-13-15-22(28)16-14-21)26(34)19-33(38(36,37)31(2)3)24-12-8-7-11-23(24)29/h4-16,25H,17-19H2,1-3H3,(H,30,35)/t25-/m1/s1. The molecule has 11 heteroatoms. The summed E-state index contributed by atoms with van der Waals surface area (Å²) in [6, 6.07) is 20.8. The maximum absolute atomic E-state index is 14.8. The first-order chi connectivity index (χ1) is 18.0. The molecule has 1 atom stereocenters. The summed E-state index contributed by atoms with van der Waals surface area (Å²) in [5.41, 5.74) is 1.29. The summed E-state index contributed by atoms with van der Waals surface area (Å²) in [6.45, 7) is -0.676. The Morgan fingerprint density at radius 2 is 1.53 bits per heavy atom. The fourth-order valence-corrected chi connectivity index (χ4v) is 5.19. The van der Waals surface area contributed by atoms with Crippen molar-refractivity contribution in [1.82, 2.24) is 14.5 Å². The lowest BCUT2D eigenvalue weighted by atomic mass is 10.0. The molecule has 0 unspecified atom stereocenters. The van der Waals surface area contributed by atoms with E-state index in [1.165, 1.54) is 44.2 Å². The van der Waals surface area contributed by atoms with Gasteiger partial charge in [-0.15, -0.1) is 0 Å². The van der Waals surface area contributed by atoms with Gasteiger partial charge < -0.3 is 10.2 Å². The number of hydrogen-bond acceptors (Lipinski definition) is 4. The van der Waals surface area contributed by atoms with Gasteiger partial charge in [0.2, 0.25) is 11.8 Å². The Morgan fingerprint density at radius 3 is 2.11 bits per heavy atom. The Balaban J connectivity index is 2.07. The number of benzene rings is 3. The van der Waals surface area contributed by atoms with E-state index in [9.17, 15) is 22.4 Å². The molecule has 0 saturated carbocycles. The Bertz CT molecular complexity index is 1360. The number of para-hydroxylation sites is 1. The predicted octanol–water partition coefficient (Wildman–Crippen LogP) is 3.59. The first kappa shape index (κ1) is 29.3. The van der Waals surface area contributed by atoms with Crippen LogP contribution >= 0.6 is 15.9 Å². The van der Waals surface area contributed by atoms with Crippen LogP contribution in [0.25, 0.3) is 0 Å². The van der Waals surface area contributed by atoms with Crippen LogP contribution in [0.1, 0.15) is 11.1 Å². The van der Waals surface area contributed by atoms with E-state index >= 15 is 0 Å². The van der Waals surface area contributed by atoms with Crippen molar-refractivity contribution in [2.75, 3.05) is 32.0 Å². The van der Waals surface area contributed by atoms with E-state index in [2.05, 4.69) is 21.2 Å². The van der Waals surface area contributed by atoms with Gasteiger partial charge in [-0.1, -0.05) is 70.5 Å². The molecule has 0 fully saturated rings. The summed E-state index contributed by atoms with van der Waals surface area (Å²) in [7, 11) is -0.179. The Labute approximate surface area is 231 Å². The molecule has 202 valence electrons. The average Bonchev–Trinajstić information content (AvgIpc) is 2.90. The largest absolute Gasteiger partial charge is 0.357 e. The number of carbonyl (C=O) groups excluding carboxylic acids is 2. The van der Waals surface area contributed by atoms with E-state index in [-0.39, 0.29) is 18.7 Å². The maximum atomic E-state index is 14.8. The van der Waals surface area contributed by atoms with Crippen LogP contribution in [-0.4, -0.2) is 63.2 Å². The highest BCUT2D eigenvalue weighted by Gasteiger charge is 2.35. The van der Waals surface area contributed by atoms with Crippen LogP contribution in [-0.2, 0) is 32.8 Å². The van der Waals surface area contributed by atoms with E-state index in [1.54, 1.807) is 12.1 Å². The molecule has 8 nitrogen and oxygen atoms in total. The molecule has 0 bridgehead atoms. The van der Waals surface area contributed by atoms with Gasteiger partial charge in [-0.2, -0.15) is 12.7 Å². The van der Waals surface area contributed by atoms with Crippen molar-refractivity contribution >= 4 is 43.6 Å². The van der Waals surface area contributed by atoms with Gasteiger partial charge in [-0.25, -0.2) is 8.70 Å². The molecule has 0 aliphatic carbocycles. The molecule has 0 aliphatic heterocycles.